The van der Waals surface area contributed by atoms with Crippen molar-refractivity contribution in [2.75, 3.05) is 24.6 Å². The number of rotatable bonds is 4. The van der Waals surface area contributed by atoms with Crippen molar-refractivity contribution in [1.29, 1.82) is 0 Å². The van der Waals surface area contributed by atoms with Gasteiger partial charge in [0.2, 0.25) is 11.8 Å². The van der Waals surface area contributed by atoms with Gasteiger partial charge in [0.25, 0.3) is 5.91 Å². The van der Waals surface area contributed by atoms with Crippen LogP contribution in [0.1, 0.15) is 6.92 Å². The summed E-state index contributed by atoms with van der Waals surface area (Å²) in [5, 5.41) is 0.746. The summed E-state index contributed by atoms with van der Waals surface area (Å²) < 4.78 is 5.66. The normalized spacial score (nSPS) is 17.0. The first-order valence-corrected chi connectivity index (χ1v) is 9.11. The molecule has 1 fully saturated rings. The minimum atomic E-state index is -0.240. The molecule has 4 rings (SSSR count). The lowest BCUT2D eigenvalue weighted by atomic mass is 10.1. The summed E-state index contributed by atoms with van der Waals surface area (Å²) in [5.74, 6) is 0.0160. The molecule has 0 radical (unpaired) electrons. The number of anilines is 1. The first kappa shape index (κ1) is 17.9. The quantitative estimate of drug-likeness (QED) is 0.698. The molecule has 1 aliphatic rings. The molecule has 142 valence electrons. The van der Waals surface area contributed by atoms with Gasteiger partial charge in [-0.15, -0.1) is 0 Å². The van der Waals surface area contributed by atoms with E-state index < -0.39 is 0 Å². The number of ether oxygens (including phenoxy) is 1. The van der Waals surface area contributed by atoms with Gasteiger partial charge in [-0.1, -0.05) is 30.3 Å². The summed E-state index contributed by atoms with van der Waals surface area (Å²) in [6.45, 7) is 2.23. The van der Waals surface area contributed by atoms with Crippen LogP contribution in [0.25, 0.3) is 10.9 Å². The average Bonchev–Trinajstić information content (AvgIpc) is 2.74. The molecule has 0 spiro atoms. The second kappa shape index (κ2) is 7.64. The fourth-order valence-electron chi connectivity index (χ4n) is 3.35. The maximum Gasteiger partial charge on any atom is 0.261 e. The predicted octanol–water partition coefficient (Wildman–Crippen LogP) is 2.27. The Balaban J connectivity index is 1.43. The van der Waals surface area contributed by atoms with Gasteiger partial charge >= 0.3 is 0 Å². The van der Waals surface area contributed by atoms with Crippen LogP contribution >= 0.6 is 0 Å². The molecule has 1 aromatic heterocycles. The molecule has 1 aliphatic heterocycles. The maximum absolute atomic E-state index is 12.7. The first-order chi connectivity index (χ1) is 13.6. The highest BCUT2D eigenvalue weighted by Crippen LogP contribution is 2.22. The van der Waals surface area contributed by atoms with Crippen LogP contribution in [-0.2, 0) is 9.59 Å². The molecule has 0 saturated carbocycles. The number of carbonyl (C=O) groups is 2. The largest absolute Gasteiger partial charge is 0.467 e. The highest BCUT2D eigenvalue weighted by atomic mass is 16.5. The third-order valence-electron chi connectivity index (χ3n) is 4.81. The molecule has 1 unspecified atom stereocenters. The number of aromatic nitrogens is 2. The minimum absolute atomic E-state index is 0.0305. The van der Waals surface area contributed by atoms with E-state index in [1.165, 1.54) is 6.33 Å². The van der Waals surface area contributed by atoms with Crippen molar-refractivity contribution < 1.29 is 14.3 Å². The third-order valence-corrected chi connectivity index (χ3v) is 4.81. The summed E-state index contributed by atoms with van der Waals surface area (Å²) in [7, 11) is 0. The van der Waals surface area contributed by atoms with Gasteiger partial charge in [0.15, 0.2) is 6.61 Å². The van der Waals surface area contributed by atoms with E-state index in [1.807, 2.05) is 61.5 Å². The molecule has 28 heavy (non-hydrogen) atoms. The van der Waals surface area contributed by atoms with Crippen molar-refractivity contribution in [2.45, 2.75) is 13.0 Å². The van der Waals surface area contributed by atoms with Crippen LogP contribution in [0, 0.1) is 0 Å². The van der Waals surface area contributed by atoms with Crippen LogP contribution in [0.5, 0.6) is 5.88 Å². The number of carbonyl (C=O) groups excluding carboxylic acids is 2. The maximum atomic E-state index is 12.7. The van der Waals surface area contributed by atoms with Crippen molar-refractivity contribution in [2.24, 2.45) is 0 Å². The molecule has 0 bridgehead atoms. The van der Waals surface area contributed by atoms with Crippen LogP contribution in [0.3, 0.4) is 0 Å². The standard InChI is InChI=1S/C21H20N4O3/c1-15-11-25(16-7-3-2-4-8-16)19(26)12-24(15)20(27)13-28-21-17-9-5-6-10-18(17)22-14-23-21/h2-10,14-15H,11-13H2,1H3. The van der Waals surface area contributed by atoms with E-state index in [4.69, 9.17) is 4.74 Å². The molecule has 0 aliphatic carbocycles. The summed E-state index contributed by atoms with van der Waals surface area (Å²) in [6.07, 6.45) is 1.41. The van der Waals surface area contributed by atoms with Gasteiger partial charge in [0.05, 0.1) is 10.9 Å². The zero-order chi connectivity index (χ0) is 19.5. The molecule has 1 atom stereocenters. The second-order valence-electron chi connectivity index (χ2n) is 6.70. The zero-order valence-corrected chi connectivity index (χ0v) is 15.5. The van der Waals surface area contributed by atoms with E-state index in [-0.39, 0.29) is 31.0 Å². The Morgan fingerprint density at radius 3 is 2.68 bits per heavy atom. The van der Waals surface area contributed by atoms with Gasteiger partial charge in [-0.3, -0.25) is 9.59 Å². The van der Waals surface area contributed by atoms with Gasteiger partial charge in [0.1, 0.15) is 12.9 Å². The van der Waals surface area contributed by atoms with Gasteiger partial charge < -0.3 is 14.5 Å². The second-order valence-corrected chi connectivity index (χ2v) is 6.70. The van der Waals surface area contributed by atoms with Crippen LogP contribution in [0.4, 0.5) is 5.69 Å². The van der Waals surface area contributed by atoms with Crippen molar-refractivity contribution in [3.05, 3.63) is 60.9 Å². The monoisotopic (exact) mass is 376 g/mol. The summed E-state index contributed by atoms with van der Waals surface area (Å²) in [6, 6.07) is 16.8. The smallest absolute Gasteiger partial charge is 0.261 e. The van der Waals surface area contributed by atoms with E-state index in [1.54, 1.807) is 9.80 Å². The highest BCUT2D eigenvalue weighted by Gasteiger charge is 2.33. The Morgan fingerprint density at radius 1 is 1.11 bits per heavy atom. The molecular weight excluding hydrogens is 356 g/mol. The lowest BCUT2D eigenvalue weighted by Gasteiger charge is -2.39. The number of fused-ring (bicyclic) bond motifs is 1. The van der Waals surface area contributed by atoms with Gasteiger partial charge in [0, 0.05) is 18.3 Å². The van der Waals surface area contributed by atoms with Crippen molar-refractivity contribution in [3.8, 4) is 5.88 Å². The predicted molar refractivity (Wildman–Crippen MR) is 105 cm³/mol. The Hall–Kier alpha value is -3.48. The SMILES string of the molecule is CC1CN(c2ccccc2)C(=O)CN1C(=O)COc1ncnc2ccccc12. The number of hydrogen-bond acceptors (Lipinski definition) is 5. The Kier molecular flexibility index (Phi) is 4.89. The van der Waals surface area contributed by atoms with Crippen LogP contribution in [0.15, 0.2) is 60.9 Å². The number of hydrogen-bond donors (Lipinski definition) is 0. The van der Waals surface area contributed by atoms with E-state index in [0.29, 0.717) is 12.4 Å². The van der Waals surface area contributed by atoms with Gasteiger partial charge in [-0.2, -0.15) is 0 Å². The van der Waals surface area contributed by atoms with Crippen molar-refractivity contribution >= 4 is 28.4 Å². The topological polar surface area (TPSA) is 75.6 Å². The molecule has 7 heteroatoms. The minimum Gasteiger partial charge on any atom is -0.467 e. The van der Waals surface area contributed by atoms with Gasteiger partial charge in [-0.25, -0.2) is 9.97 Å². The lowest BCUT2D eigenvalue weighted by Crippen LogP contribution is -2.58. The zero-order valence-electron chi connectivity index (χ0n) is 15.5. The fourth-order valence-corrected chi connectivity index (χ4v) is 3.35. The molecule has 1 saturated heterocycles. The van der Waals surface area contributed by atoms with E-state index in [0.717, 1.165) is 16.6 Å². The number of piperazine rings is 1. The van der Waals surface area contributed by atoms with E-state index in [9.17, 15) is 9.59 Å². The molecule has 0 N–H and O–H groups in total. The summed E-state index contributed by atoms with van der Waals surface area (Å²) in [5.41, 5.74) is 1.59. The van der Waals surface area contributed by atoms with E-state index in [2.05, 4.69) is 9.97 Å². The molecule has 2 amide bonds. The Labute approximate surface area is 162 Å². The number of nitrogens with zero attached hydrogens (tertiary/aromatic N) is 4. The van der Waals surface area contributed by atoms with Crippen molar-refractivity contribution in [3.63, 3.8) is 0 Å². The Morgan fingerprint density at radius 2 is 1.86 bits per heavy atom. The first-order valence-electron chi connectivity index (χ1n) is 9.11. The van der Waals surface area contributed by atoms with Crippen LogP contribution in [-0.4, -0.2) is 52.4 Å². The van der Waals surface area contributed by atoms with Crippen molar-refractivity contribution in [1.82, 2.24) is 14.9 Å². The summed E-state index contributed by atoms with van der Waals surface area (Å²) >= 11 is 0. The number of amides is 2. The average molecular weight is 376 g/mol. The lowest BCUT2D eigenvalue weighted by molar-refractivity contribution is -0.141. The molecular formula is C21H20N4O3. The number of para-hydroxylation sites is 2. The Bertz CT molecular complexity index is 1000. The molecule has 2 heterocycles. The van der Waals surface area contributed by atoms with Crippen LogP contribution < -0.4 is 9.64 Å². The van der Waals surface area contributed by atoms with Gasteiger partial charge in [-0.05, 0) is 31.2 Å². The fraction of sp³-hybridized carbons (Fsp3) is 0.238. The summed E-state index contributed by atoms with van der Waals surface area (Å²) in [4.78, 5) is 36.9. The third kappa shape index (κ3) is 3.51. The highest BCUT2D eigenvalue weighted by molar-refractivity contribution is 5.98. The van der Waals surface area contributed by atoms with E-state index >= 15 is 0 Å². The molecule has 3 aromatic rings. The molecule has 7 nitrogen and oxygen atoms in total. The molecule has 2 aromatic carbocycles. The number of benzene rings is 2. The van der Waals surface area contributed by atoms with Crippen LogP contribution in [0.2, 0.25) is 0 Å².